The van der Waals surface area contributed by atoms with Gasteiger partial charge in [-0.3, -0.25) is 9.52 Å². The summed E-state index contributed by atoms with van der Waals surface area (Å²) in [6.45, 7) is 0.383. The highest BCUT2D eigenvalue weighted by Gasteiger charge is 2.33. The number of sulfonamides is 1. The average molecular weight is 693 g/mol. The molecule has 1 aliphatic carbocycles. The van der Waals surface area contributed by atoms with E-state index in [1.54, 1.807) is 17.0 Å². The lowest BCUT2D eigenvalue weighted by Crippen LogP contribution is -2.43. The number of benzene rings is 2. The van der Waals surface area contributed by atoms with E-state index in [9.17, 15) is 26.8 Å². The number of rotatable bonds is 10. The summed E-state index contributed by atoms with van der Waals surface area (Å²) in [6, 6.07) is 10.3. The van der Waals surface area contributed by atoms with E-state index in [1.165, 1.54) is 19.4 Å². The predicted octanol–water partition coefficient (Wildman–Crippen LogP) is 6.74. The van der Waals surface area contributed by atoms with Crippen LogP contribution in [0.25, 0.3) is 21.2 Å². The van der Waals surface area contributed by atoms with Crippen molar-refractivity contribution in [2.75, 3.05) is 24.6 Å². The zero-order valence-electron chi connectivity index (χ0n) is 24.8. The lowest BCUT2D eigenvalue weighted by Gasteiger charge is -2.37. The molecule has 2 heterocycles. The molecular formula is C31H31ClF2N4O6S2. The lowest BCUT2D eigenvalue weighted by molar-refractivity contribution is 0.0592. The molecule has 1 saturated carbocycles. The minimum absolute atomic E-state index is 0.0172. The van der Waals surface area contributed by atoms with Gasteiger partial charge in [-0.05, 0) is 73.6 Å². The fourth-order valence-corrected chi connectivity index (χ4v) is 7.71. The molecule has 0 bridgehead atoms. The van der Waals surface area contributed by atoms with Crippen LogP contribution in [-0.2, 0) is 16.6 Å². The van der Waals surface area contributed by atoms with Gasteiger partial charge in [-0.15, -0.1) is 11.3 Å². The number of nitrogens with one attached hydrogen (secondary N) is 2. The highest BCUT2D eigenvalue weighted by Crippen LogP contribution is 2.41. The molecule has 2 aromatic carbocycles. The van der Waals surface area contributed by atoms with Gasteiger partial charge in [0.1, 0.15) is 28.1 Å². The average Bonchev–Trinajstić information content (AvgIpc) is 3.38. The standard InChI is InChI=1S/C31H31ClF2N4O6S2/c1-44-24-11-5-18(19-6-12-25(35-15-19)37-46(2,42)43)13-20(24)16-38(21-7-3-17(4-8-21)14-36-31(40)41)30(39)29-27(32)26-22(33)9-10-23(34)28(26)45-29/h5-6,9-13,15,17,21,36H,3-4,7-8,14,16H2,1-2H3,(H,35,37)(H,40,41). The summed E-state index contributed by atoms with van der Waals surface area (Å²) in [4.78, 5) is 31.1. The maximum atomic E-state index is 14.7. The van der Waals surface area contributed by atoms with Crippen molar-refractivity contribution in [3.8, 4) is 16.9 Å². The monoisotopic (exact) mass is 692 g/mol. The van der Waals surface area contributed by atoms with E-state index < -0.39 is 33.7 Å². The second-order valence-electron chi connectivity index (χ2n) is 11.1. The summed E-state index contributed by atoms with van der Waals surface area (Å²) < 4.78 is 60.5. The molecule has 0 spiro atoms. The molecule has 0 atom stereocenters. The molecule has 0 aliphatic heterocycles. The Balaban J connectivity index is 1.49. The Morgan fingerprint density at radius 2 is 1.78 bits per heavy atom. The third-order valence-corrected chi connectivity index (χ3v) is 10.2. The van der Waals surface area contributed by atoms with E-state index in [0.29, 0.717) is 49.1 Å². The van der Waals surface area contributed by atoms with Crippen molar-refractivity contribution in [3.05, 3.63) is 75.8 Å². The molecule has 3 N–H and O–H groups in total. The second kappa shape index (κ2) is 13.8. The third kappa shape index (κ3) is 7.51. The number of hydrogen-bond acceptors (Lipinski definition) is 7. The van der Waals surface area contributed by atoms with Gasteiger partial charge in [0.15, 0.2) is 0 Å². The molecule has 15 heteroatoms. The number of pyridine rings is 1. The summed E-state index contributed by atoms with van der Waals surface area (Å²) in [5.41, 5.74) is 2.07. The van der Waals surface area contributed by atoms with Crippen LogP contribution in [0.4, 0.5) is 19.4 Å². The number of carbonyl (C=O) groups excluding carboxylic acids is 1. The first-order valence-corrected chi connectivity index (χ1v) is 17.4. The van der Waals surface area contributed by atoms with Crippen LogP contribution in [0, 0.1) is 17.6 Å². The van der Waals surface area contributed by atoms with Crippen molar-refractivity contribution in [2.45, 2.75) is 38.3 Å². The van der Waals surface area contributed by atoms with Crippen molar-refractivity contribution in [1.29, 1.82) is 0 Å². The van der Waals surface area contributed by atoms with Crippen molar-refractivity contribution >= 4 is 60.9 Å². The SMILES string of the molecule is COc1ccc(-c2ccc(NS(C)(=O)=O)nc2)cc1CN(C(=O)c1sc2c(F)ccc(F)c2c1Cl)C1CCC(CNC(=O)O)CC1. The number of halogens is 3. The number of aromatic nitrogens is 1. The van der Waals surface area contributed by atoms with Gasteiger partial charge in [0.25, 0.3) is 5.91 Å². The lowest BCUT2D eigenvalue weighted by atomic mass is 9.85. The molecule has 1 aliphatic rings. The van der Waals surface area contributed by atoms with Crippen LogP contribution < -0.4 is 14.8 Å². The summed E-state index contributed by atoms with van der Waals surface area (Å²) in [5.74, 6) is -1.12. The molecule has 0 saturated heterocycles. The van der Waals surface area contributed by atoms with Crippen molar-refractivity contribution < 1.29 is 36.6 Å². The van der Waals surface area contributed by atoms with Crippen LogP contribution in [0.1, 0.15) is 40.9 Å². The van der Waals surface area contributed by atoms with Crippen LogP contribution in [-0.4, -0.2) is 61.4 Å². The number of hydrogen-bond donors (Lipinski definition) is 3. The molecule has 2 amide bonds. The number of amides is 2. The number of methoxy groups -OCH3 is 1. The molecule has 1 fully saturated rings. The molecule has 4 aromatic rings. The number of thiophene rings is 1. The Hall–Kier alpha value is -4.01. The molecule has 46 heavy (non-hydrogen) atoms. The number of anilines is 1. The predicted molar refractivity (Wildman–Crippen MR) is 173 cm³/mol. The molecular weight excluding hydrogens is 662 g/mol. The Labute approximate surface area is 273 Å². The quantitative estimate of drug-likeness (QED) is 0.167. The maximum absolute atomic E-state index is 14.7. The first kappa shape index (κ1) is 33.4. The second-order valence-corrected chi connectivity index (χ2v) is 14.3. The van der Waals surface area contributed by atoms with Gasteiger partial charge in [-0.2, -0.15) is 0 Å². The fourth-order valence-electron chi connectivity index (χ4n) is 5.71. The van der Waals surface area contributed by atoms with Gasteiger partial charge in [0, 0.05) is 36.5 Å². The van der Waals surface area contributed by atoms with Crippen LogP contribution in [0.15, 0.2) is 48.7 Å². The van der Waals surface area contributed by atoms with E-state index in [1.807, 2.05) is 12.1 Å². The van der Waals surface area contributed by atoms with Crippen molar-refractivity contribution in [2.24, 2.45) is 5.92 Å². The molecule has 5 rings (SSSR count). The first-order valence-electron chi connectivity index (χ1n) is 14.3. The number of ether oxygens (including phenoxy) is 1. The molecule has 244 valence electrons. The van der Waals surface area contributed by atoms with Gasteiger partial charge >= 0.3 is 6.09 Å². The summed E-state index contributed by atoms with van der Waals surface area (Å²) in [6.07, 6.45) is 3.93. The Morgan fingerprint density at radius 3 is 2.39 bits per heavy atom. The topological polar surface area (TPSA) is 138 Å². The van der Waals surface area contributed by atoms with Crippen molar-refractivity contribution in [1.82, 2.24) is 15.2 Å². The Bertz CT molecular complexity index is 1880. The van der Waals surface area contributed by atoms with Gasteiger partial charge in [-0.1, -0.05) is 17.7 Å². The normalized spacial score (nSPS) is 16.6. The van der Waals surface area contributed by atoms with E-state index >= 15 is 0 Å². The van der Waals surface area contributed by atoms with E-state index in [4.69, 9.17) is 21.4 Å². The zero-order valence-corrected chi connectivity index (χ0v) is 27.2. The van der Waals surface area contributed by atoms with E-state index in [-0.39, 0.29) is 44.3 Å². The zero-order chi connectivity index (χ0) is 33.2. The number of fused-ring (bicyclic) bond motifs is 1. The number of carboxylic acid groups (broad SMARTS) is 1. The minimum atomic E-state index is -3.50. The van der Waals surface area contributed by atoms with Crippen LogP contribution in [0.2, 0.25) is 5.02 Å². The van der Waals surface area contributed by atoms with Gasteiger partial charge < -0.3 is 20.1 Å². The first-order chi connectivity index (χ1) is 21.8. The molecule has 10 nitrogen and oxygen atoms in total. The fraction of sp³-hybridized carbons (Fsp3) is 0.323. The van der Waals surface area contributed by atoms with E-state index in [2.05, 4.69) is 15.0 Å². The highest BCUT2D eigenvalue weighted by molar-refractivity contribution is 7.92. The maximum Gasteiger partial charge on any atom is 0.404 e. The highest BCUT2D eigenvalue weighted by atomic mass is 35.5. The molecule has 0 unspecified atom stereocenters. The largest absolute Gasteiger partial charge is 0.496 e. The summed E-state index contributed by atoms with van der Waals surface area (Å²) >= 11 is 7.34. The van der Waals surface area contributed by atoms with Crippen LogP contribution in [0.5, 0.6) is 5.75 Å². The van der Waals surface area contributed by atoms with Crippen LogP contribution in [0.3, 0.4) is 0 Å². The minimum Gasteiger partial charge on any atom is -0.496 e. The third-order valence-electron chi connectivity index (χ3n) is 7.94. The van der Waals surface area contributed by atoms with Gasteiger partial charge in [0.2, 0.25) is 10.0 Å². The smallest absolute Gasteiger partial charge is 0.404 e. The Morgan fingerprint density at radius 1 is 1.09 bits per heavy atom. The number of nitrogens with zero attached hydrogens (tertiary/aromatic N) is 2. The molecule has 2 aromatic heterocycles. The van der Waals surface area contributed by atoms with Crippen LogP contribution >= 0.6 is 22.9 Å². The molecule has 0 radical (unpaired) electrons. The van der Waals surface area contributed by atoms with Gasteiger partial charge in [0.05, 0.1) is 28.5 Å². The number of carbonyl (C=O) groups is 2. The Kier molecular flexibility index (Phi) is 9.99. The van der Waals surface area contributed by atoms with Gasteiger partial charge in [-0.25, -0.2) is 27.0 Å². The van der Waals surface area contributed by atoms with Crippen molar-refractivity contribution in [3.63, 3.8) is 0 Å². The van der Waals surface area contributed by atoms with E-state index in [0.717, 1.165) is 35.3 Å². The summed E-state index contributed by atoms with van der Waals surface area (Å²) in [5, 5.41) is 11.1. The summed E-state index contributed by atoms with van der Waals surface area (Å²) in [7, 11) is -1.99.